The fraction of sp³-hybridized carbons (Fsp3) is 0.172. The maximum Gasteiger partial charge on any atom is 0.216 e. The summed E-state index contributed by atoms with van der Waals surface area (Å²) in [7, 11) is 1.80. The van der Waals surface area contributed by atoms with E-state index in [1.807, 2.05) is 61.5 Å². The van der Waals surface area contributed by atoms with Gasteiger partial charge in [-0.2, -0.15) is 4.57 Å². The third kappa shape index (κ3) is 2.92. The van der Waals surface area contributed by atoms with E-state index < -0.39 is 6.85 Å². The molecule has 0 fully saturated rings. The SMILES string of the molecule is [2H]c1c(C)c(C([2H])([2H])[2H])c(C)[n+](C)c1-c1c(C)ccc2c1oc1c(-c3ccccc3)cc([N+]#[C-])cc12. The van der Waals surface area contributed by atoms with Crippen LogP contribution in [0.15, 0.2) is 65.1 Å². The zero-order valence-corrected chi connectivity index (χ0v) is 18.5. The minimum atomic E-state index is -2.32. The van der Waals surface area contributed by atoms with Crippen LogP contribution in [0.3, 0.4) is 0 Å². The van der Waals surface area contributed by atoms with Crippen LogP contribution >= 0.6 is 0 Å². The van der Waals surface area contributed by atoms with E-state index in [0.717, 1.165) is 33.0 Å². The molecule has 2 aromatic heterocycles. The van der Waals surface area contributed by atoms with Gasteiger partial charge in [-0.15, -0.1) is 0 Å². The molecule has 0 saturated heterocycles. The topological polar surface area (TPSA) is 21.4 Å². The second kappa shape index (κ2) is 7.35. The fourth-order valence-electron chi connectivity index (χ4n) is 4.38. The van der Waals surface area contributed by atoms with Gasteiger partial charge in [0.25, 0.3) is 0 Å². The molecule has 3 nitrogen and oxygen atoms in total. The number of furan rings is 1. The van der Waals surface area contributed by atoms with Gasteiger partial charge in [-0.05, 0) is 49.5 Å². The van der Waals surface area contributed by atoms with Crippen LogP contribution in [0.5, 0.6) is 0 Å². The number of nitrogens with zero attached hydrogens (tertiary/aromatic N) is 2. The Labute approximate surface area is 194 Å². The number of benzene rings is 3. The van der Waals surface area contributed by atoms with Gasteiger partial charge in [0.15, 0.2) is 11.4 Å². The van der Waals surface area contributed by atoms with E-state index in [-0.39, 0.29) is 11.6 Å². The highest BCUT2D eigenvalue weighted by Crippen LogP contribution is 2.42. The zero-order chi connectivity index (χ0) is 25.9. The van der Waals surface area contributed by atoms with Gasteiger partial charge in [0.1, 0.15) is 18.2 Å². The quantitative estimate of drug-likeness (QED) is 0.213. The Bertz CT molecular complexity index is 1700. The lowest BCUT2D eigenvalue weighted by Crippen LogP contribution is -2.36. The lowest BCUT2D eigenvalue weighted by atomic mass is 9.97. The fourth-order valence-corrected chi connectivity index (χ4v) is 4.38. The summed E-state index contributed by atoms with van der Waals surface area (Å²) < 4.78 is 41.4. The molecule has 0 aliphatic carbocycles. The number of rotatable bonds is 2. The van der Waals surface area contributed by atoms with Crippen molar-refractivity contribution in [2.24, 2.45) is 7.05 Å². The number of pyridine rings is 1. The Morgan fingerprint density at radius 2 is 1.75 bits per heavy atom. The molecule has 0 amide bonds. The normalized spacial score (nSPS) is 13.5. The Morgan fingerprint density at radius 3 is 2.47 bits per heavy atom. The van der Waals surface area contributed by atoms with Crippen molar-refractivity contribution in [3.05, 3.63) is 94.4 Å². The summed E-state index contributed by atoms with van der Waals surface area (Å²) in [6.45, 7) is 10.8. The molecular formula is C29H25N2O+. The molecule has 5 rings (SSSR count). The summed E-state index contributed by atoms with van der Waals surface area (Å²) in [4.78, 5) is 3.70. The lowest BCUT2D eigenvalue weighted by Gasteiger charge is -2.10. The van der Waals surface area contributed by atoms with Gasteiger partial charge in [0.05, 0.1) is 13.5 Å². The number of aryl methyl sites for hydroxylation is 1. The first-order valence-electron chi connectivity index (χ1n) is 12.5. The predicted octanol–water partition coefficient (Wildman–Crippen LogP) is 7.53. The van der Waals surface area contributed by atoms with E-state index in [9.17, 15) is 0 Å². The van der Waals surface area contributed by atoms with Crippen LogP contribution in [0, 0.1) is 34.2 Å². The van der Waals surface area contributed by atoms with Crippen molar-refractivity contribution in [3.63, 3.8) is 0 Å². The van der Waals surface area contributed by atoms with Gasteiger partial charge < -0.3 is 4.42 Å². The second-order valence-corrected chi connectivity index (χ2v) is 8.20. The van der Waals surface area contributed by atoms with Gasteiger partial charge >= 0.3 is 0 Å². The van der Waals surface area contributed by atoms with E-state index in [0.29, 0.717) is 33.8 Å². The number of fused-ring (bicyclic) bond motifs is 3. The van der Waals surface area contributed by atoms with Crippen LogP contribution in [0.25, 0.3) is 49.2 Å². The molecule has 0 spiro atoms. The molecule has 0 saturated carbocycles. The minimum Gasteiger partial charge on any atom is -0.455 e. The van der Waals surface area contributed by atoms with E-state index >= 15 is 0 Å². The largest absolute Gasteiger partial charge is 0.455 e. The standard InChI is InChI=1S/C29H25N2O/c1-17-12-13-23-25-16-22(30-5)15-24(21-10-8-7-9-11-21)28(25)32-29(23)27(17)26-14-18(2)19(3)20(4)31(26)6/h7-16H,1-4,6H3/q+1/i3D3,14D. The molecular weight excluding hydrogens is 392 g/mol. The number of hydrogen-bond donors (Lipinski definition) is 0. The van der Waals surface area contributed by atoms with Crippen LogP contribution in [-0.4, -0.2) is 0 Å². The third-order valence-corrected chi connectivity index (χ3v) is 6.27. The minimum absolute atomic E-state index is 0.162. The molecule has 156 valence electrons. The summed E-state index contributed by atoms with van der Waals surface area (Å²) >= 11 is 0. The van der Waals surface area contributed by atoms with Crippen molar-refractivity contribution in [1.29, 1.82) is 0 Å². The average molecular weight is 422 g/mol. The summed E-state index contributed by atoms with van der Waals surface area (Å²) in [6.07, 6.45) is 0. The highest BCUT2D eigenvalue weighted by molar-refractivity contribution is 6.14. The van der Waals surface area contributed by atoms with Gasteiger partial charge in [0.2, 0.25) is 5.69 Å². The van der Waals surface area contributed by atoms with Crippen molar-refractivity contribution < 1.29 is 14.5 Å². The molecule has 2 heterocycles. The van der Waals surface area contributed by atoms with Crippen molar-refractivity contribution in [2.75, 3.05) is 0 Å². The summed E-state index contributed by atoms with van der Waals surface area (Å²) in [6, 6.07) is 17.7. The molecule has 3 heteroatoms. The zero-order valence-electron chi connectivity index (χ0n) is 22.5. The second-order valence-electron chi connectivity index (χ2n) is 8.20. The Hall–Kier alpha value is -3.90. The molecule has 3 aromatic carbocycles. The average Bonchev–Trinajstić information content (AvgIpc) is 3.21. The Balaban J connectivity index is 1.93. The van der Waals surface area contributed by atoms with Crippen molar-refractivity contribution in [2.45, 2.75) is 27.6 Å². The van der Waals surface area contributed by atoms with Gasteiger partial charge in [0, 0.05) is 39.0 Å². The van der Waals surface area contributed by atoms with Gasteiger partial charge in [-0.25, -0.2) is 4.85 Å². The van der Waals surface area contributed by atoms with Gasteiger partial charge in [-0.1, -0.05) is 42.5 Å². The molecule has 0 unspecified atom stereocenters. The Kier molecular flexibility index (Phi) is 3.64. The maximum absolute atomic E-state index is 8.99. The first-order valence-corrected chi connectivity index (χ1v) is 10.5. The molecule has 0 bridgehead atoms. The van der Waals surface area contributed by atoms with E-state index in [1.54, 1.807) is 25.5 Å². The van der Waals surface area contributed by atoms with Crippen LogP contribution in [0.1, 0.15) is 27.9 Å². The highest BCUT2D eigenvalue weighted by Gasteiger charge is 2.24. The van der Waals surface area contributed by atoms with Crippen LogP contribution in [0.2, 0.25) is 0 Å². The van der Waals surface area contributed by atoms with Crippen LogP contribution in [-0.2, 0) is 7.05 Å². The molecule has 0 atom stereocenters. The molecule has 5 aromatic rings. The van der Waals surface area contributed by atoms with Crippen LogP contribution in [0.4, 0.5) is 5.69 Å². The summed E-state index contributed by atoms with van der Waals surface area (Å²) in [5.41, 5.74) is 7.11. The molecule has 32 heavy (non-hydrogen) atoms. The first-order chi connectivity index (χ1) is 17.0. The van der Waals surface area contributed by atoms with Crippen molar-refractivity contribution in [3.8, 4) is 22.4 Å². The monoisotopic (exact) mass is 421 g/mol. The smallest absolute Gasteiger partial charge is 0.216 e. The van der Waals surface area contributed by atoms with E-state index in [1.165, 1.54) is 0 Å². The molecule has 0 N–H and O–H groups in total. The molecule has 0 aliphatic rings. The number of hydrogen-bond acceptors (Lipinski definition) is 1. The lowest BCUT2D eigenvalue weighted by molar-refractivity contribution is -0.667. The number of aromatic nitrogens is 1. The predicted molar refractivity (Wildman–Crippen MR) is 131 cm³/mol. The first kappa shape index (κ1) is 15.8. The Morgan fingerprint density at radius 1 is 0.969 bits per heavy atom. The van der Waals surface area contributed by atoms with E-state index in [4.69, 9.17) is 16.5 Å². The third-order valence-electron chi connectivity index (χ3n) is 6.27. The maximum atomic E-state index is 8.99. The van der Waals surface area contributed by atoms with E-state index in [2.05, 4.69) is 4.85 Å². The molecule has 0 aliphatic heterocycles. The summed E-state index contributed by atoms with van der Waals surface area (Å²) in [5, 5.41) is 1.68. The summed E-state index contributed by atoms with van der Waals surface area (Å²) in [5.74, 6) is 0. The van der Waals surface area contributed by atoms with Gasteiger partial charge in [-0.3, -0.25) is 0 Å². The van der Waals surface area contributed by atoms with Crippen LogP contribution < -0.4 is 4.57 Å². The van der Waals surface area contributed by atoms with Crippen molar-refractivity contribution >= 4 is 27.6 Å². The van der Waals surface area contributed by atoms with Crippen molar-refractivity contribution in [1.82, 2.24) is 0 Å². The highest BCUT2D eigenvalue weighted by atomic mass is 16.3. The molecule has 0 radical (unpaired) electrons.